The first-order valence-corrected chi connectivity index (χ1v) is 13.7. The molecule has 41 heavy (non-hydrogen) atoms. The number of anilines is 2. The number of fused-ring (bicyclic) bond motifs is 1. The van der Waals surface area contributed by atoms with Crippen LogP contribution in [0.25, 0.3) is 0 Å². The second-order valence-corrected chi connectivity index (χ2v) is 10.7. The minimum atomic E-state index is -4.62. The number of carbonyl (C=O) groups is 1. The number of methoxy groups -OCH3 is 2. The summed E-state index contributed by atoms with van der Waals surface area (Å²) in [5, 5.41) is 11.6. The van der Waals surface area contributed by atoms with Gasteiger partial charge < -0.3 is 24.4 Å². The molecule has 13 heteroatoms. The number of rotatable bonds is 6. The highest BCUT2D eigenvalue weighted by Gasteiger charge is 2.41. The fourth-order valence-corrected chi connectivity index (χ4v) is 6.25. The van der Waals surface area contributed by atoms with Crippen LogP contribution in [0.1, 0.15) is 29.8 Å². The van der Waals surface area contributed by atoms with Crippen LogP contribution in [0.5, 0.6) is 11.5 Å². The van der Waals surface area contributed by atoms with Crippen LogP contribution < -0.4 is 19.3 Å². The van der Waals surface area contributed by atoms with Crippen molar-refractivity contribution >= 4 is 40.3 Å². The van der Waals surface area contributed by atoms with Crippen LogP contribution in [0.3, 0.4) is 0 Å². The van der Waals surface area contributed by atoms with E-state index in [1.165, 1.54) is 37.7 Å². The summed E-state index contributed by atoms with van der Waals surface area (Å²) in [7, 11) is 2.75. The second kappa shape index (κ2) is 11.1. The Labute approximate surface area is 238 Å². The van der Waals surface area contributed by atoms with E-state index in [1.54, 1.807) is 28.5 Å². The largest absolute Gasteiger partial charge is 0.495 e. The molecule has 1 aromatic heterocycles. The molecule has 3 heterocycles. The molecule has 2 aliphatic rings. The summed E-state index contributed by atoms with van der Waals surface area (Å²) < 4.78 is 66.1. The van der Waals surface area contributed by atoms with Gasteiger partial charge >= 0.3 is 12.1 Å². The highest BCUT2D eigenvalue weighted by Crippen LogP contribution is 2.47. The standard InChI is InChI=1S/C28H28F4N4O4S/c1-16-15-34(9-10-35(16)18-5-6-19(29)24(13-18)40-3)27-33-20-8-11-41-26(20)22(14-25(37)38)36(27)21-12-17(28(30,31)32)4-7-23(21)39-2/h4-8,11-13,16,22H,9-10,14-15H2,1-3H3,(H,37,38). The number of aliphatic carboxylic acids is 1. The summed E-state index contributed by atoms with van der Waals surface area (Å²) in [6, 6.07) is 8.63. The zero-order valence-electron chi connectivity index (χ0n) is 22.5. The lowest BCUT2D eigenvalue weighted by Gasteiger charge is -2.47. The molecule has 0 bridgehead atoms. The van der Waals surface area contributed by atoms with Gasteiger partial charge in [-0.05, 0) is 48.7 Å². The molecular weight excluding hydrogens is 564 g/mol. The first kappa shape index (κ1) is 28.5. The highest BCUT2D eigenvalue weighted by atomic mass is 32.1. The smallest absolute Gasteiger partial charge is 0.416 e. The number of ether oxygens (including phenoxy) is 2. The number of carboxylic acid groups (broad SMARTS) is 1. The van der Waals surface area contributed by atoms with Crippen LogP contribution in [0, 0.1) is 5.82 Å². The van der Waals surface area contributed by atoms with Gasteiger partial charge in [0.15, 0.2) is 11.6 Å². The van der Waals surface area contributed by atoms with Gasteiger partial charge in [-0.25, -0.2) is 9.38 Å². The molecule has 1 fully saturated rings. The van der Waals surface area contributed by atoms with Crippen molar-refractivity contribution in [2.24, 2.45) is 4.99 Å². The van der Waals surface area contributed by atoms with Gasteiger partial charge in [-0.15, -0.1) is 11.3 Å². The van der Waals surface area contributed by atoms with Crippen LogP contribution in [-0.4, -0.2) is 61.8 Å². The molecule has 0 saturated carbocycles. The van der Waals surface area contributed by atoms with E-state index >= 15 is 0 Å². The summed E-state index contributed by atoms with van der Waals surface area (Å²) in [6.45, 7) is 3.30. The number of piperazine rings is 1. The lowest BCUT2D eigenvalue weighted by Crippen LogP contribution is -2.58. The number of nitrogens with zero attached hydrogens (tertiary/aromatic N) is 4. The monoisotopic (exact) mass is 592 g/mol. The van der Waals surface area contributed by atoms with Crippen molar-refractivity contribution in [3.05, 3.63) is 64.1 Å². The zero-order valence-corrected chi connectivity index (χ0v) is 23.3. The van der Waals surface area contributed by atoms with Crippen molar-refractivity contribution in [1.82, 2.24) is 4.90 Å². The van der Waals surface area contributed by atoms with Gasteiger partial charge in [0.25, 0.3) is 0 Å². The van der Waals surface area contributed by atoms with E-state index in [9.17, 15) is 27.5 Å². The maximum Gasteiger partial charge on any atom is 0.416 e. The van der Waals surface area contributed by atoms with Gasteiger partial charge in [-0.3, -0.25) is 9.69 Å². The highest BCUT2D eigenvalue weighted by molar-refractivity contribution is 7.10. The second-order valence-electron chi connectivity index (χ2n) is 9.76. The molecule has 218 valence electrons. The molecule has 5 rings (SSSR count). The SMILES string of the molecule is COc1cc(N2CCN(C3=Nc4ccsc4C(CC(=O)O)N3c3cc(C(F)(F)F)ccc3OC)CC2C)ccc1F. The minimum absolute atomic E-state index is 0.0738. The molecule has 0 radical (unpaired) electrons. The van der Waals surface area contributed by atoms with Crippen LogP contribution in [0.2, 0.25) is 0 Å². The Hall–Kier alpha value is -4.00. The van der Waals surface area contributed by atoms with E-state index < -0.39 is 29.6 Å². The molecule has 2 atom stereocenters. The Balaban J connectivity index is 1.57. The predicted octanol–water partition coefficient (Wildman–Crippen LogP) is 6.16. The quantitative estimate of drug-likeness (QED) is 0.344. The fraction of sp³-hybridized carbons (Fsp3) is 0.357. The minimum Gasteiger partial charge on any atom is -0.495 e. The van der Waals surface area contributed by atoms with Gasteiger partial charge in [0.05, 0.1) is 48.5 Å². The number of guanidine groups is 1. The van der Waals surface area contributed by atoms with Crippen molar-refractivity contribution in [3.8, 4) is 11.5 Å². The van der Waals surface area contributed by atoms with Crippen molar-refractivity contribution in [2.75, 3.05) is 43.7 Å². The average Bonchev–Trinajstić information content (AvgIpc) is 3.41. The van der Waals surface area contributed by atoms with E-state index in [-0.39, 0.29) is 29.6 Å². The summed E-state index contributed by atoms with van der Waals surface area (Å²) in [4.78, 5) is 23.1. The lowest BCUT2D eigenvalue weighted by molar-refractivity contribution is -0.138. The molecule has 2 unspecified atom stereocenters. The molecule has 1 saturated heterocycles. The average molecular weight is 593 g/mol. The fourth-order valence-electron chi connectivity index (χ4n) is 5.33. The molecule has 8 nitrogen and oxygen atoms in total. The molecule has 2 aliphatic heterocycles. The Morgan fingerprint density at radius 3 is 2.51 bits per heavy atom. The predicted molar refractivity (Wildman–Crippen MR) is 148 cm³/mol. The summed E-state index contributed by atoms with van der Waals surface area (Å²) in [5.41, 5.74) is 0.532. The van der Waals surface area contributed by atoms with Crippen molar-refractivity contribution in [3.63, 3.8) is 0 Å². The summed E-state index contributed by atoms with van der Waals surface area (Å²) >= 11 is 1.30. The topological polar surface area (TPSA) is 77.8 Å². The van der Waals surface area contributed by atoms with Crippen molar-refractivity contribution < 1.29 is 36.9 Å². The van der Waals surface area contributed by atoms with Crippen LogP contribution in [-0.2, 0) is 11.0 Å². The molecule has 1 N–H and O–H groups in total. The van der Waals surface area contributed by atoms with Gasteiger partial charge in [0.1, 0.15) is 5.75 Å². The number of hydrogen-bond acceptors (Lipinski definition) is 8. The Kier molecular flexibility index (Phi) is 7.73. The number of aliphatic imine (C=N–C) groups is 1. The van der Waals surface area contributed by atoms with E-state index in [0.717, 1.165) is 17.8 Å². The molecule has 0 amide bonds. The van der Waals surface area contributed by atoms with Gasteiger partial charge in [0.2, 0.25) is 5.96 Å². The van der Waals surface area contributed by atoms with Crippen LogP contribution >= 0.6 is 11.3 Å². The first-order chi connectivity index (χ1) is 19.5. The Morgan fingerprint density at radius 1 is 1.10 bits per heavy atom. The van der Waals surface area contributed by atoms with E-state index in [0.29, 0.717) is 36.2 Å². The number of benzene rings is 2. The van der Waals surface area contributed by atoms with E-state index in [1.807, 2.05) is 11.8 Å². The zero-order chi connectivity index (χ0) is 29.5. The van der Waals surface area contributed by atoms with Crippen LogP contribution in [0.4, 0.5) is 34.6 Å². The number of halogens is 4. The molecule has 0 aliphatic carbocycles. The maximum absolute atomic E-state index is 14.0. The normalized spacial score (nSPS) is 19.1. The third-order valence-electron chi connectivity index (χ3n) is 7.23. The number of alkyl halides is 3. The summed E-state index contributed by atoms with van der Waals surface area (Å²) in [5.74, 6) is -0.956. The Morgan fingerprint density at radius 2 is 1.85 bits per heavy atom. The molecule has 3 aromatic rings. The van der Waals surface area contributed by atoms with E-state index in [4.69, 9.17) is 14.5 Å². The van der Waals surface area contributed by atoms with E-state index in [2.05, 4.69) is 4.90 Å². The van der Waals surface area contributed by atoms with Gasteiger partial charge in [-0.1, -0.05) is 0 Å². The first-order valence-electron chi connectivity index (χ1n) is 12.8. The van der Waals surface area contributed by atoms with Gasteiger partial charge in [0, 0.05) is 37.4 Å². The van der Waals surface area contributed by atoms with Gasteiger partial charge in [-0.2, -0.15) is 13.2 Å². The van der Waals surface area contributed by atoms with Crippen molar-refractivity contribution in [1.29, 1.82) is 0 Å². The number of hydrogen-bond donors (Lipinski definition) is 1. The molecule has 2 aromatic carbocycles. The third-order valence-corrected chi connectivity index (χ3v) is 8.24. The number of carboxylic acids is 1. The van der Waals surface area contributed by atoms with Crippen LogP contribution in [0.15, 0.2) is 52.8 Å². The Bertz CT molecular complexity index is 1480. The maximum atomic E-state index is 14.0. The lowest BCUT2D eigenvalue weighted by atomic mass is 10.0. The summed E-state index contributed by atoms with van der Waals surface area (Å²) in [6.07, 6.45) is -4.99. The molecule has 0 spiro atoms. The molecular formula is C28H28F4N4O4S. The van der Waals surface area contributed by atoms with Crippen molar-refractivity contribution in [2.45, 2.75) is 31.6 Å². The third kappa shape index (κ3) is 5.50. The number of thiophene rings is 1.